The molecule has 0 unspecified atom stereocenters. The summed E-state index contributed by atoms with van der Waals surface area (Å²) in [5, 5.41) is 42.9. The van der Waals surface area contributed by atoms with Crippen LogP contribution in [0.3, 0.4) is 0 Å². The number of hydrogen-bond acceptors (Lipinski definition) is 0. The van der Waals surface area contributed by atoms with E-state index in [2.05, 4.69) is 109 Å². The molecule has 16 rings (SSSR count). The van der Waals surface area contributed by atoms with E-state index in [4.69, 9.17) is 0 Å². The van der Waals surface area contributed by atoms with Crippen molar-refractivity contribution in [2.75, 3.05) is 0 Å². The first-order valence-corrected chi connectivity index (χ1v) is 17.2. The molecule has 0 saturated carbocycles. The van der Waals surface area contributed by atoms with E-state index in [1.807, 2.05) is 0 Å². The Morgan fingerprint density at radius 1 is 0.125 bits per heavy atom. The standard InChI is InChI=1S/C48H18/c1-2-20-8-14-26-28-16-10-22-5-6-24-12-18-30-29-17-11-23-4-3-21-9-15-27-25-13-7-19(1)31-32(20)38(26)44-43(37(25)31)45-39(27)33(21)34(23)41(29)47(45)48-42(30)36(24)35(22)40(28)46(44)48/h1-18H. The van der Waals surface area contributed by atoms with Crippen LogP contribution in [-0.4, -0.2) is 0 Å². The minimum Gasteiger partial charge on any atom is -0.0537 e. The number of benzene rings is 16. The van der Waals surface area contributed by atoms with Crippen LogP contribution in [0.1, 0.15) is 0 Å². The summed E-state index contributed by atoms with van der Waals surface area (Å²) in [7, 11) is 0. The van der Waals surface area contributed by atoms with E-state index in [9.17, 15) is 0 Å². The van der Waals surface area contributed by atoms with Gasteiger partial charge in [-0.2, -0.15) is 0 Å². The molecular weight excluding hydrogens is 577 g/mol. The fraction of sp³-hybridized carbons (Fsp3) is 0. The summed E-state index contributed by atoms with van der Waals surface area (Å²) in [5.41, 5.74) is 0. The minimum atomic E-state index is 1.35. The van der Waals surface area contributed by atoms with Gasteiger partial charge in [-0.3, -0.25) is 0 Å². The van der Waals surface area contributed by atoms with Gasteiger partial charge in [-0.1, -0.05) is 109 Å². The zero-order chi connectivity index (χ0) is 30.0. The van der Waals surface area contributed by atoms with E-state index in [-0.39, 0.29) is 0 Å². The Balaban J connectivity index is 1.50. The molecule has 0 N–H and O–H groups in total. The molecule has 0 aromatic heterocycles. The molecule has 0 bridgehead atoms. The molecule has 0 aliphatic rings. The van der Waals surface area contributed by atoms with Crippen molar-refractivity contribution in [2.45, 2.75) is 0 Å². The topological polar surface area (TPSA) is 0 Å². The van der Waals surface area contributed by atoms with E-state index in [1.165, 1.54) is 162 Å². The van der Waals surface area contributed by atoms with E-state index >= 15 is 0 Å². The third kappa shape index (κ3) is 1.79. The molecule has 0 heterocycles. The summed E-state index contributed by atoms with van der Waals surface area (Å²) in [6.45, 7) is 0. The third-order valence-electron chi connectivity index (χ3n) is 13.4. The molecule has 0 spiro atoms. The van der Waals surface area contributed by atoms with Crippen molar-refractivity contribution in [2.24, 2.45) is 0 Å². The molecule has 0 fully saturated rings. The highest BCUT2D eigenvalue weighted by atomic mass is 14.3. The lowest BCUT2D eigenvalue weighted by molar-refractivity contribution is 1.82. The van der Waals surface area contributed by atoms with Crippen molar-refractivity contribution >= 4 is 162 Å². The molecule has 16 aromatic rings. The first-order valence-electron chi connectivity index (χ1n) is 17.2. The SMILES string of the molecule is c1cc2ccc3c4ccc5ccc6ccc7c8ccc9ccc%10ccc%11c%12ccc1c1c2c3c2c(c%121)c1c%11c%10c9c8c1c1c7c6c5c4c21. The molecule has 48 heavy (non-hydrogen) atoms. The maximum Gasteiger partial charge on any atom is -0.0000246 e. The lowest BCUT2D eigenvalue weighted by Gasteiger charge is -2.30. The van der Waals surface area contributed by atoms with Gasteiger partial charge in [0.15, 0.2) is 0 Å². The van der Waals surface area contributed by atoms with Crippen LogP contribution in [0.25, 0.3) is 162 Å². The number of fused-ring (bicyclic) bond motifs is 3. The summed E-state index contributed by atoms with van der Waals surface area (Å²) in [6.07, 6.45) is 0. The zero-order valence-corrected chi connectivity index (χ0v) is 25.4. The molecule has 16 aromatic carbocycles. The summed E-state index contributed by atoms with van der Waals surface area (Å²) in [4.78, 5) is 0. The highest BCUT2D eigenvalue weighted by Crippen LogP contribution is 2.62. The summed E-state index contributed by atoms with van der Waals surface area (Å²) < 4.78 is 0. The van der Waals surface area contributed by atoms with Gasteiger partial charge in [0, 0.05) is 0 Å². The number of rotatable bonds is 0. The van der Waals surface area contributed by atoms with Gasteiger partial charge in [0.05, 0.1) is 0 Å². The smallest absolute Gasteiger partial charge is 0.0000246 e. The summed E-state index contributed by atoms with van der Waals surface area (Å²) in [6, 6.07) is 43.1. The Morgan fingerprint density at radius 3 is 0.438 bits per heavy atom. The molecule has 0 atom stereocenters. The van der Waals surface area contributed by atoms with Crippen LogP contribution in [0.4, 0.5) is 0 Å². The second-order valence-corrected chi connectivity index (χ2v) is 15.0. The third-order valence-corrected chi connectivity index (χ3v) is 13.4. The van der Waals surface area contributed by atoms with Crippen LogP contribution in [0.15, 0.2) is 109 Å². The Hall–Kier alpha value is -6.24. The molecular formula is C48H18. The maximum atomic E-state index is 2.44. The molecule has 0 saturated heterocycles. The van der Waals surface area contributed by atoms with Gasteiger partial charge in [-0.05, 0) is 162 Å². The van der Waals surface area contributed by atoms with Crippen molar-refractivity contribution in [3.8, 4) is 0 Å². The van der Waals surface area contributed by atoms with Crippen molar-refractivity contribution in [3.63, 3.8) is 0 Å². The second-order valence-electron chi connectivity index (χ2n) is 15.0. The van der Waals surface area contributed by atoms with Crippen LogP contribution in [-0.2, 0) is 0 Å². The Kier molecular flexibility index (Phi) is 2.79. The average molecular weight is 595 g/mol. The monoisotopic (exact) mass is 594 g/mol. The predicted octanol–water partition coefficient (Wildman–Crippen LogP) is 13.9. The van der Waals surface area contributed by atoms with Gasteiger partial charge >= 0.3 is 0 Å². The van der Waals surface area contributed by atoms with Crippen molar-refractivity contribution in [1.29, 1.82) is 0 Å². The largest absolute Gasteiger partial charge is 0.0537 e. The van der Waals surface area contributed by atoms with Gasteiger partial charge < -0.3 is 0 Å². The van der Waals surface area contributed by atoms with Crippen molar-refractivity contribution in [3.05, 3.63) is 109 Å². The highest BCUT2D eigenvalue weighted by Gasteiger charge is 2.33. The first kappa shape index (κ1) is 21.5. The van der Waals surface area contributed by atoms with Crippen LogP contribution >= 0.6 is 0 Å². The Bertz CT molecular complexity index is 3330. The quantitative estimate of drug-likeness (QED) is 0.121. The molecule has 0 amide bonds. The van der Waals surface area contributed by atoms with E-state index in [1.54, 1.807) is 0 Å². The normalized spacial score (nSPS) is 14.2. The van der Waals surface area contributed by atoms with Gasteiger partial charge in [0.25, 0.3) is 0 Å². The Morgan fingerprint density at radius 2 is 0.271 bits per heavy atom. The molecule has 0 aliphatic heterocycles. The maximum absolute atomic E-state index is 2.44. The summed E-state index contributed by atoms with van der Waals surface area (Å²) in [5.74, 6) is 0. The summed E-state index contributed by atoms with van der Waals surface area (Å²) >= 11 is 0. The molecule has 0 heteroatoms. The molecule has 210 valence electrons. The van der Waals surface area contributed by atoms with Crippen LogP contribution < -0.4 is 0 Å². The first-order chi connectivity index (χ1) is 23.8. The fourth-order valence-corrected chi connectivity index (χ4v) is 11.9. The van der Waals surface area contributed by atoms with Gasteiger partial charge in [0.2, 0.25) is 0 Å². The minimum absolute atomic E-state index is 1.35. The van der Waals surface area contributed by atoms with Crippen LogP contribution in [0.2, 0.25) is 0 Å². The molecule has 0 aliphatic carbocycles. The molecule has 0 radical (unpaired) electrons. The average Bonchev–Trinajstić information content (AvgIpc) is 3.14. The van der Waals surface area contributed by atoms with Crippen LogP contribution in [0.5, 0.6) is 0 Å². The second kappa shape index (κ2) is 6.22. The number of hydrogen-bond donors (Lipinski definition) is 0. The lowest BCUT2D eigenvalue weighted by atomic mass is 9.71. The van der Waals surface area contributed by atoms with E-state index < -0.39 is 0 Å². The zero-order valence-electron chi connectivity index (χ0n) is 25.4. The Labute approximate surface area is 269 Å². The molecule has 0 nitrogen and oxygen atoms in total. The van der Waals surface area contributed by atoms with Gasteiger partial charge in [-0.15, -0.1) is 0 Å². The van der Waals surface area contributed by atoms with E-state index in [0.717, 1.165) is 0 Å². The van der Waals surface area contributed by atoms with Gasteiger partial charge in [0.1, 0.15) is 0 Å². The lowest BCUT2D eigenvalue weighted by Crippen LogP contribution is -2.01. The highest BCUT2D eigenvalue weighted by molar-refractivity contribution is 6.63. The van der Waals surface area contributed by atoms with Crippen LogP contribution in [0, 0.1) is 0 Å². The van der Waals surface area contributed by atoms with Gasteiger partial charge in [-0.25, -0.2) is 0 Å². The van der Waals surface area contributed by atoms with Crippen molar-refractivity contribution in [1.82, 2.24) is 0 Å². The van der Waals surface area contributed by atoms with Crippen molar-refractivity contribution < 1.29 is 0 Å². The fourth-order valence-electron chi connectivity index (χ4n) is 11.9. The predicted molar refractivity (Wildman–Crippen MR) is 210 cm³/mol. The van der Waals surface area contributed by atoms with E-state index in [0.29, 0.717) is 0 Å².